The molecule has 0 atom stereocenters. The van der Waals surface area contributed by atoms with Crippen LogP contribution in [0.4, 0.5) is 4.39 Å². The molecular weight excluding hydrogens is 291 g/mol. The molecule has 0 radical (unpaired) electrons. The van der Waals surface area contributed by atoms with Gasteiger partial charge in [-0.2, -0.15) is 5.10 Å². The first kappa shape index (κ1) is 15.4. The quantitative estimate of drug-likeness (QED) is 0.774. The highest BCUT2D eigenvalue weighted by atomic mass is 19.1. The third-order valence-corrected chi connectivity index (χ3v) is 3.56. The molecule has 0 saturated heterocycles. The first-order valence-corrected chi connectivity index (χ1v) is 7.46. The highest BCUT2D eigenvalue weighted by Crippen LogP contribution is 2.34. The number of nitrogens with two attached hydrogens (primary N) is 1. The van der Waals surface area contributed by atoms with Crippen LogP contribution >= 0.6 is 0 Å². The van der Waals surface area contributed by atoms with Crippen molar-refractivity contribution in [2.45, 2.75) is 25.8 Å². The largest absolute Gasteiger partial charge is 0.325 e. The third kappa shape index (κ3) is 3.46. The normalized spacial score (nSPS) is 11.7. The van der Waals surface area contributed by atoms with Crippen LogP contribution in [0.2, 0.25) is 0 Å². The van der Waals surface area contributed by atoms with E-state index >= 15 is 0 Å². The minimum absolute atomic E-state index is 0.266. The fourth-order valence-electron chi connectivity index (χ4n) is 2.61. The van der Waals surface area contributed by atoms with Crippen LogP contribution in [0.15, 0.2) is 48.8 Å². The second-order valence-corrected chi connectivity index (χ2v) is 6.33. The van der Waals surface area contributed by atoms with Crippen LogP contribution in [0.1, 0.15) is 19.5 Å². The number of rotatable bonds is 4. The Kier molecular flexibility index (Phi) is 3.96. The van der Waals surface area contributed by atoms with E-state index < -0.39 is 0 Å². The number of aromatic amines is 1. The summed E-state index contributed by atoms with van der Waals surface area (Å²) >= 11 is 0. The van der Waals surface area contributed by atoms with Gasteiger partial charge in [-0.3, -0.25) is 10.1 Å². The summed E-state index contributed by atoms with van der Waals surface area (Å²) in [5.74, 6) is -0.266. The molecule has 0 unspecified atom stereocenters. The summed E-state index contributed by atoms with van der Waals surface area (Å²) in [4.78, 5) is 4.07. The van der Waals surface area contributed by atoms with Crippen LogP contribution in [-0.4, -0.2) is 20.7 Å². The molecule has 0 aliphatic rings. The Hall–Kier alpha value is -2.53. The zero-order valence-corrected chi connectivity index (χ0v) is 13.2. The molecule has 0 fully saturated rings. The lowest BCUT2D eigenvalue weighted by atomic mass is 9.93. The molecule has 0 aliphatic heterocycles. The van der Waals surface area contributed by atoms with Gasteiger partial charge in [-0.15, -0.1) is 0 Å². The fourth-order valence-corrected chi connectivity index (χ4v) is 2.61. The smallest absolute Gasteiger partial charge is 0.123 e. The molecule has 0 aliphatic carbocycles. The number of nitrogens with zero attached hydrogens (tertiary/aromatic N) is 2. The van der Waals surface area contributed by atoms with Gasteiger partial charge in [0.05, 0.1) is 0 Å². The standard InChI is InChI=1S/C18H19FN4/c1-18(2,20)11-15-16(12-7-9-21-10-8-12)17(23-22-15)13-3-5-14(19)6-4-13/h3-10H,11,20H2,1-2H3,(H,22,23). The molecular formula is C18H19FN4. The lowest BCUT2D eigenvalue weighted by Crippen LogP contribution is -2.34. The van der Waals surface area contributed by atoms with Crippen molar-refractivity contribution in [1.29, 1.82) is 0 Å². The van der Waals surface area contributed by atoms with Gasteiger partial charge in [0.15, 0.2) is 0 Å². The van der Waals surface area contributed by atoms with Crippen molar-refractivity contribution in [1.82, 2.24) is 15.2 Å². The predicted octanol–water partition coefficient (Wildman–Crippen LogP) is 3.56. The van der Waals surface area contributed by atoms with E-state index in [1.165, 1.54) is 12.1 Å². The molecule has 3 rings (SSSR count). The van der Waals surface area contributed by atoms with Gasteiger partial charge >= 0.3 is 0 Å². The van der Waals surface area contributed by atoms with Crippen molar-refractivity contribution in [3.05, 3.63) is 60.3 Å². The molecule has 5 heteroatoms. The molecule has 0 bridgehead atoms. The van der Waals surface area contributed by atoms with E-state index in [0.717, 1.165) is 28.1 Å². The van der Waals surface area contributed by atoms with Gasteiger partial charge < -0.3 is 5.73 Å². The fraction of sp³-hybridized carbons (Fsp3) is 0.222. The number of aromatic nitrogens is 3. The second kappa shape index (κ2) is 5.93. The monoisotopic (exact) mass is 310 g/mol. The average Bonchev–Trinajstić information content (AvgIpc) is 2.90. The Morgan fingerprint density at radius 1 is 1.04 bits per heavy atom. The average molecular weight is 310 g/mol. The summed E-state index contributed by atoms with van der Waals surface area (Å²) in [5, 5.41) is 7.55. The zero-order chi connectivity index (χ0) is 16.4. The summed E-state index contributed by atoms with van der Waals surface area (Å²) in [6.07, 6.45) is 4.14. The van der Waals surface area contributed by atoms with E-state index in [0.29, 0.717) is 6.42 Å². The molecule has 23 heavy (non-hydrogen) atoms. The Balaban J connectivity index is 2.15. The molecule has 3 N–H and O–H groups in total. The SMILES string of the molecule is CC(C)(N)Cc1[nH]nc(-c2ccc(F)cc2)c1-c1ccncc1. The maximum Gasteiger partial charge on any atom is 0.123 e. The molecule has 2 aromatic heterocycles. The first-order valence-electron chi connectivity index (χ1n) is 7.46. The number of hydrogen-bond acceptors (Lipinski definition) is 3. The van der Waals surface area contributed by atoms with E-state index in [2.05, 4.69) is 15.2 Å². The number of hydrogen-bond donors (Lipinski definition) is 2. The van der Waals surface area contributed by atoms with Crippen molar-refractivity contribution >= 4 is 0 Å². The van der Waals surface area contributed by atoms with Crippen molar-refractivity contribution in [3.8, 4) is 22.4 Å². The van der Waals surface area contributed by atoms with E-state index in [1.807, 2.05) is 26.0 Å². The van der Waals surface area contributed by atoms with Crippen molar-refractivity contribution in [2.75, 3.05) is 0 Å². The number of H-pyrrole nitrogens is 1. The number of halogens is 1. The summed E-state index contributed by atoms with van der Waals surface area (Å²) in [6.45, 7) is 3.95. The van der Waals surface area contributed by atoms with Crippen molar-refractivity contribution in [2.24, 2.45) is 5.73 Å². The summed E-state index contributed by atoms with van der Waals surface area (Å²) in [5.41, 5.74) is 10.4. The molecule has 1 aromatic carbocycles. The third-order valence-electron chi connectivity index (χ3n) is 3.56. The van der Waals surface area contributed by atoms with Gasteiger partial charge in [-0.25, -0.2) is 4.39 Å². The summed E-state index contributed by atoms with van der Waals surface area (Å²) in [6, 6.07) is 10.2. The zero-order valence-electron chi connectivity index (χ0n) is 13.2. The van der Waals surface area contributed by atoms with Crippen LogP contribution in [0.3, 0.4) is 0 Å². The summed E-state index contributed by atoms with van der Waals surface area (Å²) < 4.78 is 13.2. The summed E-state index contributed by atoms with van der Waals surface area (Å²) in [7, 11) is 0. The van der Waals surface area contributed by atoms with Crippen LogP contribution in [0.5, 0.6) is 0 Å². The lowest BCUT2D eigenvalue weighted by Gasteiger charge is -2.18. The van der Waals surface area contributed by atoms with Gasteiger partial charge in [0.25, 0.3) is 0 Å². The van der Waals surface area contributed by atoms with Crippen LogP contribution < -0.4 is 5.73 Å². The van der Waals surface area contributed by atoms with Crippen LogP contribution in [-0.2, 0) is 6.42 Å². The van der Waals surface area contributed by atoms with Gasteiger partial charge in [-0.1, -0.05) is 0 Å². The van der Waals surface area contributed by atoms with Gasteiger partial charge in [0.1, 0.15) is 11.5 Å². The second-order valence-electron chi connectivity index (χ2n) is 6.33. The van der Waals surface area contributed by atoms with E-state index in [-0.39, 0.29) is 11.4 Å². The van der Waals surface area contributed by atoms with E-state index in [1.54, 1.807) is 24.5 Å². The van der Waals surface area contributed by atoms with Crippen molar-refractivity contribution in [3.63, 3.8) is 0 Å². The Morgan fingerprint density at radius 3 is 2.30 bits per heavy atom. The van der Waals surface area contributed by atoms with E-state index in [4.69, 9.17) is 5.73 Å². The van der Waals surface area contributed by atoms with Crippen LogP contribution in [0.25, 0.3) is 22.4 Å². The molecule has 0 saturated carbocycles. The molecule has 2 heterocycles. The van der Waals surface area contributed by atoms with E-state index in [9.17, 15) is 4.39 Å². The molecule has 4 nitrogen and oxygen atoms in total. The highest BCUT2D eigenvalue weighted by Gasteiger charge is 2.21. The topological polar surface area (TPSA) is 67.6 Å². The Morgan fingerprint density at radius 2 is 1.70 bits per heavy atom. The Labute approximate surface area is 134 Å². The molecule has 0 amide bonds. The molecule has 3 aromatic rings. The van der Waals surface area contributed by atoms with Crippen LogP contribution in [0, 0.1) is 5.82 Å². The predicted molar refractivity (Wildman–Crippen MR) is 89.2 cm³/mol. The molecule has 118 valence electrons. The van der Waals surface area contributed by atoms with Gasteiger partial charge in [0, 0.05) is 41.2 Å². The number of benzene rings is 1. The van der Waals surface area contributed by atoms with Crippen molar-refractivity contribution < 1.29 is 4.39 Å². The Bertz CT molecular complexity index is 786. The highest BCUT2D eigenvalue weighted by molar-refractivity contribution is 5.82. The maximum absolute atomic E-state index is 13.2. The molecule has 0 spiro atoms. The minimum atomic E-state index is -0.367. The first-order chi connectivity index (χ1) is 10.9. The van der Waals surface area contributed by atoms with Gasteiger partial charge in [0.2, 0.25) is 0 Å². The minimum Gasteiger partial charge on any atom is -0.325 e. The number of nitrogens with one attached hydrogen (secondary N) is 1. The lowest BCUT2D eigenvalue weighted by molar-refractivity contribution is 0.510. The van der Waals surface area contributed by atoms with Gasteiger partial charge in [-0.05, 0) is 55.8 Å². The number of pyridine rings is 1. The maximum atomic E-state index is 13.2.